The normalized spacial score (nSPS) is 21.5. The van der Waals surface area contributed by atoms with Crippen molar-refractivity contribution in [3.05, 3.63) is 48.6 Å². The molecule has 1 fully saturated rings. The standard InChI is InChI=1S/C17H24N2O2/c1-2-10-21-11-6-9-17(20)19-12-15(16(18)13-19)14-7-4-3-5-8-14/h2-5,7-8,15-16H,1,6,9-13,18H2/t15-,16+/m0/s1. The minimum atomic E-state index is 0.0216. The Kier molecular flexibility index (Phi) is 5.96. The molecule has 0 bridgehead atoms. The van der Waals surface area contributed by atoms with E-state index >= 15 is 0 Å². The number of likely N-dealkylation sites (tertiary alicyclic amines) is 1. The van der Waals surface area contributed by atoms with E-state index in [9.17, 15) is 4.79 Å². The van der Waals surface area contributed by atoms with Gasteiger partial charge in [-0.05, 0) is 12.0 Å². The first-order valence-electron chi connectivity index (χ1n) is 7.49. The van der Waals surface area contributed by atoms with E-state index in [1.807, 2.05) is 23.1 Å². The van der Waals surface area contributed by atoms with Crippen LogP contribution in [-0.2, 0) is 9.53 Å². The third-order valence-corrected chi connectivity index (χ3v) is 3.86. The van der Waals surface area contributed by atoms with Crippen LogP contribution in [0.4, 0.5) is 0 Å². The monoisotopic (exact) mass is 288 g/mol. The molecule has 114 valence electrons. The predicted octanol–water partition coefficient (Wildman–Crippen LogP) is 1.92. The van der Waals surface area contributed by atoms with E-state index in [0.29, 0.717) is 26.2 Å². The van der Waals surface area contributed by atoms with Crippen LogP contribution in [0.1, 0.15) is 24.3 Å². The van der Waals surface area contributed by atoms with Crippen LogP contribution in [0.15, 0.2) is 43.0 Å². The van der Waals surface area contributed by atoms with Crippen molar-refractivity contribution >= 4 is 5.91 Å². The Labute approximate surface area is 126 Å². The van der Waals surface area contributed by atoms with Crippen molar-refractivity contribution < 1.29 is 9.53 Å². The first-order valence-corrected chi connectivity index (χ1v) is 7.49. The van der Waals surface area contributed by atoms with Crippen LogP contribution in [0.2, 0.25) is 0 Å². The Balaban J connectivity index is 1.80. The zero-order valence-electron chi connectivity index (χ0n) is 12.4. The van der Waals surface area contributed by atoms with Gasteiger partial charge in [0.2, 0.25) is 5.91 Å². The molecule has 0 spiro atoms. The molecule has 0 unspecified atom stereocenters. The van der Waals surface area contributed by atoms with Gasteiger partial charge in [-0.2, -0.15) is 0 Å². The van der Waals surface area contributed by atoms with E-state index in [2.05, 4.69) is 18.7 Å². The van der Waals surface area contributed by atoms with Crippen LogP contribution < -0.4 is 5.73 Å². The van der Waals surface area contributed by atoms with Gasteiger partial charge in [-0.3, -0.25) is 4.79 Å². The number of nitrogens with zero attached hydrogens (tertiary/aromatic N) is 1. The molecule has 0 saturated carbocycles. The number of hydrogen-bond acceptors (Lipinski definition) is 3. The lowest BCUT2D eigenvalue weighted by Crippen LogP contribution is -2.32. The summed E-state index contributed by atoms with van der Waals surface area (Å²) in [6.07, 6.45) is 2.98. The minimum absolute atomic E-state index is 0.0216. The number of amides is 1. The second kappa shape index (κ2) is 7.96. The molecule has 1 aromatic rings. The maximum Gasteiger partial charge on any atom is 0.222 e. The molecule has 4 heteroatoms. The number of hydrogen-bond donors (Lipinski definition) is 1. The summed E-state index contributed by atoms with van der Waals surface area (Å²) < 4.78 is 5.29. The van der Waals surface area contributed by atoms with Crippen molar-refractivity contribution in [3.63, 3.8) is 0 Å². The lowest BCUT2D eigenvalue weighted by molar-refractivity contribution is -0.130. The number of carbonyl (C=O) groups excluding carboxylic acids is 1. The summed E-state index contributed by atoms with van der Waals surface area (Å²) in [5, 5.41) is 0. The van der Waals surface area contributed by atoms with Crippen LogP contribution >= 0.6 is 0 Å². The first-order chi connectivity index (χ1) is 10.2. The van der Waals surface area contributed by atoms with Crippen molar-refractivity contribution in [1.82, 2.24) is 4.90 Å². The van der Waals surface area contributed by atoms with Crippen LogP contribution in [0.25, 0.3) is 0 Å². The fourth-order valence-corrected chi connectivity index (χ4v) is 2.74. The highest BCUT2D eigenvalue weighted by Crippen LogP contribution is 2.26. The van der Waals surface area contributed by atoms with E-state index in [0.717, 1.165) is 13.0 Å². The molecule has 4 nitrogen and oxygen atoms in total. The Morgan fingerprint density at radius 1 is 1.38 bits per heavy atom. The molecule has 2 N–H and O–H groups in total. The van der Waals surface area contributed by atoms with Crippen molar-refractivity contribution in [2.45, 2.75) is 24.8 Å². The van der Waals surface area contributed by atoms with E-state index in [1.54, 1.807) is 6.08 Å². The second-order valence-corrected chi connectivity index (χ2v) is 5.45. The van der Waals surface area contributed by atoms with E-state index < -0.39 is 0 Å². The molecule has 1 aliphatic rings. The van der Waals surface area contributed by atoms with Gasteiger partial charge < -0.3 is 15.4 Å². The van der Waals surface area contributed by atoms with Gasteiger partial charge in [0.1, 0.15) is 0 Å². The van der Waals surface area contributed by atoms with Crippen LogP contribution in [0, 0.1) is 0 Å². The Hall–Kier alpha value is -1.65. The van der Waals surface area contributed by atoms with Crippen LogP contribution in [0.5, 0.6) is 0 Å². The van der Waals surface area contributed by atoms with Gasteiger partial charge in [0, 0.05) is 38.1 Å². The maximum atomic E-state index is 12.2. The summed E-state index contributed by atoms with van der Waals surface area (Å²) in [5.74, 6) is 0.415. The van der Waals surface area contributed by atoms with Crippen molar-refractivity contribution in [3.8, 4) is 0 Å². The quantitative estimate of drug-likeness (QED) is 0.616. The van der Waals surface area contributed by atoms with Gasteiger partial charge in [0.15, 0.2) is 0 Å². The lowest BCUT2D eigenvalue weighted by Gasteiger charge is -2.16. The van der Waals surface area contributed by atoms with Gasteiger partial charge in [0.05, 0.1) is 6.61 Å². The molecule has 1 heterocycles. The van der Waals surface area contributed by atoms with E-state index in [4.69, 9.17) is 10.5 Å². The molecular formula is C17H24N2O2. The third-order valence-electron chi connectivity index (χ3n) is 3.86. The molecule has 1 saturated heterocycles. The fourth-order valence-electron chi connectivity index (χ4n) is 2.74. The summed E-state index contributed by atoms with van der Waals surface area (Å²) >= 11 is 0. The highest BCUT2D eigenvalue weighted by atomic mass is 16.5. The van der Waals surface area contributed by atoms with E-state index in [1.165, 1.54) is 5.56 Å². The Morgan fingerprint density at radius 2 is 2.14 bits per heavy atom. The van der Waals surface area contributed by atoms with Crippen molar-refractivity contribution in [2.75, 3.05) is 26.3 Å². The van der Waals surface area contributed by atoms with Gasteiger partial charge in [-0.1, -0.05) is 36.4 Å². The Bertz CT molecular complexity index is 461. The highest BCUT2D eigenvalue weighted by molar-refractivity contribution is 5.76. The molecule has 2 rings (SSSR count). The number of ether oxygens (including phenoxy) is 1. The maximum absolute atomic E-state index is 12.2. The average Bonchev–Trinajstić information content (AvgIpc) is 2.90. The number of carbonyl (C=O) groups is 1. The van der Waals surface area contributed by atoms with Crippen molar-refractivity contribution in [2.24, 2.45) is 5.73 Å². The first kappa shape index (κ1) is 15.7. The number of benzene rings is 1. The molecule has 21 heavy (non-hydrogen) atoms. The van der Waals surface area contributed by atoms with Crippen molar-refractivity contribution in [1.29, 1.82) is 0 Å². The minimum Gasteiger partial charge on any atom is -0.377 e. The van der Waals surface area contributed by atoms with Crippen LogP contribution in [0.3, 0.4) is 0 Å². The average molecular weight is 288 g/mol. The lowest BCUT2D eigenvalue weighted by atomic mass is 9.95. The van der Waals surface area contributed by atoms with Gasteiger partial charge in [0.25, 0.3) is 0 Å². The zero-order valence-corrected chi connectivity index (χ0v) is 12.4. The molecule has 1 amide bonds. The van der Waals surface area contributed by atoms with E-state index in [-0.39, 0.29) is 17.9 Å². The molecular weight excluding hydrogens is 264 g/mol. The highest BCUT2D eigenvalue weighted by Gasteiger charge is 2.33. The molecule has 1 aliphatic heterocycles. The molecule has 0 aliphatic carbocycles. The summed E-state index contributed by atoms with van der Waals surface area (Å²) in [7, 11) is 0. The Morgan fingerprint density at radius 3 is 2.86 bits per heavy atom. The summed E-state index contributed by atoms with van der Waals surface area (Å²) in [4.78, 5) is 14.1. The molecule has 1 aromatic carbocycles. The topological polar surface area (TPSA) is 55.6 Å². The SMILES string of the molecule is C=CCOCCCC(=O)N1C[C@@H](N)[C@H](c2ccccc2)C1. The molecule has 0 radical (unpaired) electrons. The number of rotatable bonds is 7. The summed E-state index contributed by atoms with van der Waals surface area (Å²) in [5.41, 5.74) is 7.42. The fraction of sp³-hybridized carbons (Fsp3) is 0.471. The van der Waals surface area contributed by atoms with Gasteiger partial charge in [-0.25, -0.2) is 0 Å². The second-order valence-electron chi connectivity index (χ2n) is 5.45. The number of nitrogens with two attached hydrogens (primary N) is 1. The summed E-state index contributed by atoms with van der Waals surface area (Å²) in [6, 6.07) is 10.2. The predicted molar refractivity (Wildman–Crippen MR) is 84.0 cm³/mol. The van der Waals surface area contributed by atoms with Crippen LogP contribution in [-0.4, -0.2) is 43.2 Å². The van der Waals surface area contributed by atoms with Gasteiger partial charge >= 0.3 is 0 Å². The zero-order chi connectivity index (χ0) is 15.1. The smallest absolute Gasteiger partial charge is 0.222 e. The molecule has 0 aromatic heterocycles. The molecule has 2 atom stereocenters. The largest absolute Gasteiger partial charge is 0.377 e. The third kappa shape index (κ3) is 4.41. The summed E-state index contributed by atoms with van der Waals surface area (Å²) in [6.45, 7) is 6.09. The van der Waals surface area contributed by atoms with Gasteiger partial charge in [-0.15, -0.1) is 6.58 Å².